The van der Waals surface area contributed by atoms with Crippen molar-refractivity contribution in [2.24, 2.45) is 5.41 Å². The molecule has 0 aliphatic heterocycles. The lowest BCUT2D eigenvalue weighted by molar-refractivity contribution is -0.124. The van der Waals surface area contributed by atoms with Crippen LogP contribution in [0.5, 0.6) is 0 Å². The first-order chi connectivity index (χ1) is 3.50. The molecule has 0 aliphatic rings. The minimum absolute atomic E-state index is 0.208. The zero-order valence-corrected chi connectivity index (χ0v) is 5.82. The predicted octanol–water partition coefficient (Wildman–Crippen LogP) is 1.83. The Morgan fingerprint density at radius 3 is 2.00 bits per heavy atom. The van der Waals surface area contributed by atoms with Crippen LogP contribution in [0.4, 0.5) is 0 Å². The van der Waals surface area contributed by atoms with Gasteiger partial charge in [0.2, 0.25) is 0 Å². The molecule has 0 unspecified atom stereocenters. The Hall–Kier alpha value is -0.330. The zero-order valence-electron chi connectivity index (χ0n) is 5.82. The molecule has 47 valence electrons. The maximum Gasteiger partial charge on any atom is 0.135 e. The fourth-order valence-corrected chi connectivity index (χ4v) is 0.176. The molecule has 8 heavy (non-hydrogen) atoms. The Kier molecular flexibility index (Phi) is 2.20. The Bertz CT molecular complexity index is 92.6. The lowest BCUT2D eigenvalue weighted by atomic mass is 9.86. The second kappa shape index (κ2) is 2.29. The van der Waals surface area contributed by atoms with Gasteiger partial charge in [0.15, 0.2) is 0 Å². The SMILES string of the molecule is [CH2]CC(C)(C)C(C)=O. The van der Waals surface area contributed by atoms with Crippen molar-refractivity contribution in [3.05, 3.63) is 6.92 Å². The van der Waals surface area contributed by atoms with Gasteiger partial charge in [-0.05, 0) is 13.3 Å². The highest BCUT2D eigenvalue weighted by atomic mass is 16.1. The monoisotopic (exact) mass is 113 g/mol. The van der Waals surface area contributed by atoms with Gasteiger partial charge in [-0.25, -0.2) is 0 Å². The van der Waals surface area contributed by atoms with Crippen molar-refractivity contribution < 1.29 is 4.79 Å². The fraction of sp³-hybridized carbons (Fsp3) is 0.714. The van der Waals surface area contributed by atoms with Crippen molar-refractivity contribution in [3.63, 3.8) is 0 Å². The fourth-order valence-electron chi connectivity index (χ4n) is 0.176. The van der Waals surface area contributed by atoms with Crippen molar-refractivity contribution in [2.75, 3.05) is 0 Å². The Morgan fingerprint density at radius 1 is 1.62 bits per heavy atom. The van der Waals surface area contributed by atoms with E-state index in [2.05, 4.69) is 6.92 Å². The molecule has 0 aromatic rings. The normalized spacial score (nSPS) is 11.5. The minimum Gasteiger partial charge on any atom is -0.299 e. The minimum atomic E-state index is -0.208. The second-order valence-electron chi connectivity index (χ2n) is 2.69. The van der Waals surface area contributed by atoms with Gasteiger partial charge in [0.1, 0.15) is 5.78 Å². The summed E-state index contributed by atoms with van der Waals surface area (Å²) in [6.07, 6.45) is 0.683. The molecule has 0 bridgehead atoms. The summed E-state index contributed by atoms with van der Waals surface area (Å²) in [5.41, 5.74) is -0.208. The van der Waals surface area contributed by atoms with Gasteiger partial charge in [0, 0.05) is 5.41 Å². The molecule has 0 rings (SSSR count). The van der Waals surface area contributed by atoms with Crippen LogP contribution in [-0.2, 0) is 4.79 Å². The molecule has 0 heterocycles. The quantitative estimate of drug-likeness (QED) is 0.534. The summed E-state index contributed by atoms with van der Waals surface area (Å²) in [6, 6.07) is 0. The Labute approximate surface area is 51.1 Å². The molecule has 0 amide bonds. The number of rotatable bonds is 2. The first kappa shape index (κ1) is 7.67. The third-order valence-corrected chi connectivity index (χ3v) is 1.58. The van der Waals surface area contributed by atoms with E-state index in [1.165, 1.54) is 0 Å². The summed E-state index contributed by atoms with van der Waals surface area (Å²) in [6.45, 7) is 9.07. The number of carbonyl (C=O) groups is 1. The van der Waals surface area contributed by atoms with Gasteiger partial charge in [0.25, 0.3) is 0 Å². The van der Waals surface area contributed by atoms with Crippen LogP contribution in [-0.4, -0.2) is 5.78 Å². The second-order valence-corrected chi connectivity index (χ2v) is 2.69. The summed E-state index contributed by atoms with van der Waals surface area (Å²) in [5, 5.41) is 0. The molecule has 0 N–H and O–H groups in total. The largest absolute Gasteiger partial charge is 0.299 e. The van der Waals surface area contributed by atoms with E-state index in [0.29, 0.717) is 6.42 Å². The van der Waals surface area contributed by atoms with Crippen molar-refractivity contribution in [3.8, 4) is 0 Å². The molecule has 0 atom stereocenters. The molecule has 0 saturated carbocycles. The van der Waals surface area contributed by atoms with Gasteiger partial charge in [-0.15, -0.1) is 0 Å². The molecule has 1 nitrogen and oxygen atoms in total. The number of hydrogen-bond acceptors (Lipinski definition) is 1. The highest BCUT2D eigenvalue weighted by Crippen LogP contribution is 2.19. The molecule has 0 aromatic carbocycles. The van der Waals surface area contributed by atoms with Crippen LogP contribution < -0.4 is 0 Å². The number of ketones is 1. The highest BCUT2D eigenvalue weighted by Gasteiger charge is 2.19. The average Bonchev–Trinajstić information content (AvgIpc) is 1.67. The first-order valence-corrected chi connectivity index (χ1v) is 2.81. The lowest BCUT2D eigenvalue weighted by Crippen LogP contribution is -2.19. The van der Waals surface area contributed by atoms with E-state index in [1.807, 2.05) is 13.8 Å². The molecule has 1 heteroatoms. The summed E-state index contributed by atoms with van der Waals surface area (Å²) in [5.74, 6) is 0.215. The van der Waals surface area contributed by atoms with Gasteiger partial charge in [-0.2, -0.15) is 0 Å². The summed E-state index contributed by atoms with van der Waals surface area (Å²) in [4.78, 5) is 10.7. The van der Waals surface area contributed by atoms with Crippen LogP contribution in [0.3, 0.4) is 0 Å². The van der Waals surface area contributed by atoms with Gasteiger partial charge < -0.3 is 0 Å². The van der Waals surface area contributed by atoms with E-state index in [-0.39, 0.29) is 11.2 Å². The molecule has 0 spiro atoms. The van der Waals surface area contributed by atoms with Crippen LogP contribution >= 0.6 is 0 Å². The lowest BCUT2D eigenvalue weighted by Gasteiger charge is -2.16. The number of Topliss-reactive ketones (excluding diaryl/α,β-unsaturated/α-hetero) is 1. The van der Waals surface area contributed by atoms with E-state index in [1.54, 1.807) is 6.92 Å². The molecule has 0 aliphatic carbocycles. The third-order valence-electron chi connectivity index (χ3n) is 1.58. The molecule has 1 radical (unpaired) electrons. The van der Waals surface area contributed by atoms with Crippen LogP contribution in [0.1, 0.15) is 27.2 Å². The standard InChI is InChI=1S/C7H13O/c1-5-7(3,4)6(2)8/h1,5H2,2-4H3. The van der Waals surface area contributed by atoms with Crippen molar-refractivity contribution in [1.82, 2.24) is 0 Å². The van der Waals surface area contributed by atoms with Gasteiger partial charge in [0.05, 0.1) is 0 Å². The zero-order chi connectivity index (χ0) is 6.78. The number of carbonyl (C=O) groups excluding carboxylic acids is 1. The first-order valence-electron chi connectivity index (χ1n) is 2.81. The smallest absolute Gasteiger partial charge is 0.135 e. The van der Waals surface area contributed by atoms with Gasteiger partial charge in [-0.1, -0.05) is 20.8 Å². The van der Waals surface area contributed by atoms with Crippen LogP contribution in [0, 0.1) is 12.3 Å². The molecular weight excluding hydrogens is 100 g/mol. The maximum absolute atomic E-state index is 10.7. The molecular formula is C7H13O. The molecule has 0 aromatic heterocycles. The maximum atomic E-state index is 10.7. The van der Waals surface area contributed by atoms with Crippen molar-refractivity contribution in [2.45, 2.75) is 27.2 Å². The third kappa shape index (κ3) is 1.65. The Morgan fingerprint density at radius 2 is 2.00 bits per heavy atom. The van der Waals surface area contributed by atoms with E-state index in [4.69, 9.17) is 0 Å². The predicted molar refractivity (Wildman–Crippen MR) is 34.4 cm³/mol. The van der Waals surface area contributed by atoms with Crippen molar-refractivity contribution >= 4 is 5.78 Å². The van der Waals surface area contributed by atoms with Crippen LogP contribution in [0.2, 0.25) is 0 Å². The van der Waals surface area contributed by atoms with Crippen LogP contribution in [0.15, 0.2) is 0 Å². The molecule has 0 saturated heterocycles. The van der Waals surface area contributed by atoms with E-state index in [9.17, 15) is 4.79 Å². The van der Waals surface area contributed by atoms with Crippen LogP contribution in [0.25, 0.3) is 0 Å². The summed E-state index contributed by atoms with van der Waals surface area (Å²) >= 11 is 0. The Balaban J connectivity index is 3.91. The van der Waals surface area contributed by atoms with E-state index >= 15 is 0 Å². The summed E-state index contributed by atoms with van der Waals surface area (Å²) in [7, 11) is 0. The average molecular weight is 113 g/mol. The van der Waals surface area contributed by atoms with E-state index < -0.39 is 0 Å². The van der Waals surface area contributed by atoms with E-state index in [0.717, 1.165) is 0 Å². The highest BCUT2D eigenvalue weighted by molar-refractivity contribution is 5.81. The topological polar surface area (TPSA) is 17.1 Å². The van der Waals surface area contributed by atoms with Crippen molar-refractivity contribution in [1.29, 1.82) is 0 Å². The molecule has 0 fully saturated rings. The van der Waals surface area contributed by atoms with Gasteiger partial charge >= 0.3 is 0 Å². The summed E-state index contributed by atoms with van der Waals surface area (Å²) < 4.78 is 0. The van der Waals surface area contributed by atoms with Gasteiger partial charge in [-0.3, -0.25) is 4.79 Å². The number of hydrogen-bond donors (Lipinski definition) is 0.